The van der Waals surface area contributed by atoms with E-state index in [1.807, 2.05) is 20.8 Å². The van der Waals surface area contributed by atoms with Gasteiger partial charge in [0.1, 0.15) is 11.4 Å². The first-order valence-corrected chi connectivity index (χ1v) is 11.0. The summed E-state index contributed by atoms with van der Waals surface area (Å²) in [7, 11) is -3.33. The Morgan fingerprint density at radius 1 is 1.00 bits per heavy atom. The molecule has 0 aromatic heterocycles. The quantitative estimate of drug-likeness (QED) is 0.783. The summed E-state index contributed by atoms with van der Waals surface area (Å²) >= 11 is 0. The predicted octanol–water partition coefficient (Wildman–Crippen LogP) is 2.93. The Bertz CT molecular complexity index is 506. The molecule has 0 fully saturated rings. The van der Waals surface area contributed by atoms with Gasteiger partial charge in [-0.1, -0.05) is 32.9 Å². The molecule has 0 bridgehead atoms. The molecule has 0 aliphatic carbocycles. The SMILES string of the molecule is CC(O[Si](C)(C)C(C)(C)C)C(C)(C)Oc1ccc(B(O)O)cc1. The van der Waals surface area contributed by atoms with Crippen molar-refractivity contribution < 1.29 is 19.2 Å². The van der Waals surface area contributed by atoms with E-state index in [1.54, 1.807) is 24.3 Å². The fraction of sp³-hybridized carbons (Fsp3) is 0.647. The van der Waals surface area contributed by atoms with Gasteiger partial charge in [0, 0.05) is 0 Å². The molecule has 0 aliphatic heterocycles. The van der Waals surface area contributed by atoms with Gasteiger partial charge >= 0.3 is 7.12 Å². The molecule has 0 radical (unpaired) electrons. The molecule has 1 aromatic rings. The first-order valence-electron chi connectivity index (χ1n) is 8.09. The fourth-order valence-corrected chi connectivity index (χ4v) is 3.38. The van der Waals surface area contributed by atoms with Crippen molar-refractivity contribution in [1.29, 1.82) is 0 Å². The molecule has 0 amide bonds. The zero-order valence-corrected chi connectivity index (χ0v) is 16.7. The maximum Gasteiger partial charge on any atom is 0.488 e. The first-order chi connectivity index (χ1) is 10.3. The average Bonchev–Trinajstić information content (AvgIpc) is 2.36. The Kier molecular flexibility index (Phi) is 6.13. The minimum Gasteiger partial charge on any atom is -0.485 e. The number of ether oxygens (including phenoxy) is 1. The van der Waals surface area contributed by atoms with Gasteiger partial charge in [0.25, 0.3) is 0 Å². The molecule has 1 unspecified atom stereocenters. The number of benzene rings is 1. The molecule has 1 atom stereocenters. The molecule has 4 nitrogen and oxygen atoms in total. The van der Waals surface area contributed by atoms with Gasteiger partial charge in [-0.2, -0.15) is 0 Å². The van der Waals surface area contributed by atoms with Crippen LogP contribution in [0.25, 0.3) is 0 Å². The second kappa shape index (κ2) is 6.97. The molecule has 0 spiro atoms. The third-order valence-corrected chi connectivity index (χ3v) is 9.37. The molecule has 0 saturated carbocycles. The van der Waals surface area contributed by atoms with E-state index in [2.05, 4.69) is 33.9 Å². The van der Waals surface area contributed by atoms with Crippen molar-refractivity contribution in [3.05, 3.63) is 24.3 Å². The highest BCUT2D eigenvalue weighted by molar-refractivity contribution is 6.74. The molecule has 0 aliphatic rings. The third kappa shape index (κ3) is 5.35. The van der Waals surface area contributed by atoms with E-state index in [1.165, 1.54) is 0 Å². The summed E-state index contributed by atoms with van der Waals surface area (Å²) in [6.45, 7) is 17.2. The normalized spacial score (nSPS) is 14.5. The monoisotopic (exact) mass is 338 g/mol. The Balaban J connectivity index is 2.81. The molecule has 2 N–H and O–H groups in total. The predicted molar refractivity (Wildman–Crippen MR) is 98.7 cm³/mol. The Labute approximate surface area is 142 Å². The maximum atomic E-state index is 9.14. The zero-order valence-electron chi connectivity index (χ0n) is 15.7. The molecule has 0 heterocycles. The summed E-state index contributed by atoms with van der Waals surface area (Å²) in [6, 6.07) is 6.79. The third-order valence-electron chi connectivity index (χ3n) is 4.82. The smallest absolute Gasteiger partial charge is 0.485 e. The van der Waals surface area contributed by atoms with E-state index in [0.29, 0.717) is 11.2 Å². The van der Waals surface area contributed by atoms with Crippen LogP contribution >= 0.6 is 0 Å². The highest BCUT2D eigenvalue weighted by Gasteiger charge is 2.42. The molecular weight excluding hydrogens is 307 g/mol. The van der Waals surface area contributed by atoms with Crippen LogP contribution in [0.5, 0.6) is 5.75 Å². The highest BCUT2D eigenvalue weighted by atomic mass is 28.4. The summed E-state index contributed by atoms with van der Waals surface area (Å²) in [5.41, 5.74) is -0.0461. The van der Waals surface area contributed by atoms with Gasteiger partial charge in [-0.05, 0) is 56.5 Å². The Hall–Kier alpha value is -0.818. The van der Waals surface area contributed by atoms with Crippen LogP contribution in [0.1, 0.15) is 41.5 Å². The molecule has 1 aromatic carbocycles. The number of hydrogen-bond donors (Lipinski definition) is 2. The Morgan fingerprint density at radius 2 is 1.48 bits per heavy atom. The van der Waals surface area contributed by atoms with Crippen LogP contribution in [0.2, 0.25) is 18.1 Å². The average molecular weight is 338 g/mol. The molecule has 6 heteroatoms. The van der Waals surface area contributed by atoms with Crippen LogP contribution in [0.4, 0.5) is 0 Å². The summed E-state index contributed by atoms with van der Waals surface area (Å²) < 4.78 is 12.5. The summed E-state index contributed by atoms with van der Waals surface area (Å²) in [4.78, 5) is 0. The maximum absolute atomic E-state index is 9.14. The lowest BCUT2D eigenvalue weighted by molar-refractivity contribution is -0.0104. The van der Waals surface area contributed by atoms with Gasteiger partial charge in [-0.3, -0.25) is 0 Å². The number of rotatable bonds is 6. The topological polar surface area (TPSA) is 58.9 Å². The van der Waals surface area contributed by atoms with Crippen molar-refractivity contribution in [1.82, 2.24) is 0 Å². The number of hydrogen-bond acceptors (Lipinski definition) is 4. The summed E-state index contributed by atoms with van der Waals surface area (Å²) in [5.74, 6) is 0.685. The van der Waals surface area contributed by atoms with Crippen molar-refractivity contribution in [3.63, 3.8) is 0 Å². The summed E-state index contributed by atoms with van der Waals surface area (Å²) in [5, 5.41) is 18.4. The highest BCUT2D eigenvalue weighted by Crippen LogP contribution is 2.38. The largest absolute Gasteiger partial charge is 0.488 e. The lowest BCUT2D eigenvalue weighted by Gasteiger charge is -2.43. The van der Waals surface area contributed by atoms with Crippen LogP contribution in [0.3, 0.4) is 0 Å². The summed E-state index contributed by atoms with van der Waals surface area (Å²) in [6.07, 6.45) is -0.0634. The van der Waals surface area contributed by atoms with Crippen LogP contribution < -0.4 is 10.2 Å². The van der Waals surface area contributed by atoms with E-state index < -0.39 is 21.0 Å². The van der Waals surface area contributed by atoms with Crippen molar-refractivity contribution >= 4 is 20.9 Å². The molecular formula is C17H31BO4Si. The van der Waals surface area contributed by atoms with Crippen LogP contribution in [-0.4, -0.2) is 37.2 Å². The van der Waals surface area contributed by atoms with Crippen LogP contribution in [-0.2, 0) is 4.43 Å². The molecule has 0 saturated heterocycles. The molecule has 130 valence electrons. The van der Waals surface area contributed by atoms with Crippen LogP contribution in [0, 0.1) is 0 Å². The van der Waals surface area contributed by atoms with Crippen molar-refractivity contribution in [2.75, 3.05) is 0 Å². The minimum absolute atomic E-state index is 0.0634. The van der Waals surface area contributed by atoms with E-state index in [9.17, 15) is 0 Å². The van der Waals surface area contributed by atoms with Gasteiger partial charge in [0.2, 0.25) is 0 Å². The fourth-order valence-electron chi connectivity index (χ4n) is 1.86. The van der Waals surface area contributed by atoms with E-state index >= 15 is 0 Å². The molecule has 1 rings (SSSR count). The van der Waals surface area contributed by atoms with Gasteiger partial charge in [0.05, 0.1) is 6.10 Å². The minimum atomic E-state index is -1.86. The lowest BCUT2D eigenvalue weighted by atomic mass is 9.80. The second-order valence-electron chi connectivity index (χ2n) is 8.17. The van der Waals surface area contributed by atoms with E-state index in [-0.39, 0.29) is 11.1 Å². The lowest BCUT2D eigenvalue weighted by Crippen LogP contribution is -2.51. The van der Waals surface area contributed by atoms with Crippen molar-refractivity contribution in [3.8, 4) is 5.75 Å². The zero-order chi connectivity index (χ0) is 18.1. The Morgan fingerprint density at radius 3 is 1.87 bits per heavy atom. The van der Waals surface area contributed by atoms with E-state index in [0.717, 1.165) is 0 Å². The van der Waals surface area contributed by atoms with Crippen molar-refractivity contribution in [2.24, 2.45) is 0 Å². The first kappa shape index (κ1) is 20.2. The van der Waals surface area contributed by atoms with Crippen LogP contribution in [0.15, 0.2) is 24.3 Å². The molecule has 23 heavy (non-hydrogen) atoms. The standard InChI is InChI=1S/C17H31BO4Si/c1-13(22-23(7,8)16(2,3)4)17(5,6)21-15-11-9-14(10-12-15)18(19)20/h9-13,19-20H,1-8H3. The van der Waals surface area contributed by atoms with Gasteiger partial charge in [0.15, 0.2) is 8.32 Å². The van der Waals surface area contributed by atoms with Gasteiger partial charge in [-0.25, -0.2) is 0 Å². The second-order valence-corrected chi connectivity index (χ2v) is 12.9. The van der Waals surface area contributed by atoms with Gasteiger partial charge in [-0.15, -0.1) is 0 Å². The van der Waals surface area contributed by atoms with E-state index in [4.69, 9.17) is 19.2 Å². The van der Waals surface area contributed by atoms with Gasteiger partial charge < -0.3 is 19.2 Å². The van der Waals surface area contributed by atoms with Crippen molar-refractivity contribution in [2.45, 2.75) is 71.4 Å².